The van der Waals surface area contributed by atoms with E-state index < -0.39 is 10.0 Å². The van der Waals surface area contributed by atoms with Gasteiger partial charge in [-0.2, -0.15) is 4.31 Å². The average molecular weight is 436 g/mol. The molecular formula is C22H33N3O4S. The first-order valence-electron chi connectivity index (χ1n) is 11.2. The van der Waals surface area contributed by atoms with Crippen molar-refractivity contribution >= 4 is 15.9 Å². The van der Waals surface area contributed by atoms with Crippen LogP contribution in [0.15, 0.2) is 29.2 Å². The van der Waals surface area contributed by atoms with Gasteiger partial charge in [0, 0.05) is 58.0 Å². The van der Waals surface area contributed by atoms with Crippen LogP contribution in [-0.4, -0.2) is 87.0 Å². The number of piperazine rings is 1. The summed E-state index contributed by atoms with van der Waals surface area (Å²) in [5, 5.41) is 0. The molecule has 0 radical (unpaired) electrons. The lowest BCUT2D eigenvalue weighted by Crippen LogP contribution is -2.50. The summed E-state index contributed by atoms with van der Waals surface area (Å²) in [5.74, 6) is 0.546. The van der Waals surface area contributed by atoms with E-state index in [1.807, 2.05) is 4.90 Å². The van der Waals surface area contributed by atoms with Crippen molar-refractivity contribution in [3.05, 3.63) is 29.8 Å². The first-order valence-corrected chi connectivity index (χ1v) is 12.6. The van der Waals surface area contributed by atoms with E-state index >= 15 is 0 Å². The van der Waals surface area contributed by atoms with E-state index in [0.29, 0.717) is 43.8 Å². The van der Waals surface area contributed by atoms with Crippen LogP contribution in [-0.2, 0) is 14.8 Å². The molecule has 166 valence electrons. The van der Waals surface area contributed by atoms with Crippen LogP contribution in [0.4, 0.5) is 0 Å². The zero-order chi connectivity index (χ0) is 21.1. The SMILES string of the molecule is CC1CCN(S(=O)(=O)c2ccc(C(=O)N3CCN(CC4CCCO4)CC3)cc2)CC1. The molecule has 0 aromatic heterocycles. The van der Waals surface area contributed by atoms with E-state index in [9.17, 15) is 13.2 Å². The molecule has 1 amide bonds. The molecule has 0 bridgehead atoms. The van der Waals surface area contributed by atoms with Gasteiger partial charge < -0.3 is 9.64 Å². The molecule has 3 aliphatic rings. The molecule has 1 aromatic rings. The monoisotopic (exact) mass is 435 g/mol. The third-order valence-corrected chi connectivity index (χ3v) is 8.54. The number of amides is 1. The number of carbonyl (C=O) groups is 1. The van der Waals surface area contributed by atoms with E-state index in [-0.39, 0.29) is 10.8 Å². The van der Waals surface area contributed by atoms with Gasteiger partial charge in [-0.3, -0.25) is 9.69 Å². The zero-order valence-electron chi connectivity index (χ0n) is 17.8. The van der Waals surface area contributed by atoms with E-state index in [1.54, 1.807) is 28.6 Å². The molecule has 0 spiro atoms. The molecule has 0 aliphatic carbocycles. The molecule has 3 fully saturated rings. The molecule has 8 heteroatoms. The largest absolute Gasteiger partial charge is 0.377 e. The summed E-state index contributed by atoms with van der Waals surface area (Å²) in [7, 11) is -3.48. The molecule has 7 nitrogen and oxygen atoms in total. The molecule has 4 rings (SSSR count). The quantitative estimate of drug-likeness (QED) is 0.708. The topological polar surface area (TPSA) is 70.2 Å². The number of sulfonamides is 1. The van der Waals surface area contributed by atoms with Crippen molar-refractivity contribution in [2.75, 3.05) is 52.4 Å². The lowest BCUT2D eigenvalue weighted by atomic mass is 10.0. The Bertz CT molecular complexity index is 820. The number of hydrogen-bond donors (Lipinski definition) is 0. The van der Waals surface area contributed by atoms with Crippen molar-refractivity contribution in [3.63, 3.8) is 0 Å². The molecule has 0 N–H and O–H groups in total. The van der Waals surface area contributed by atoms with E-state index in [0.717, 1.165) is 51.9 Å². The maximum absolute atomic E-state index is 12.9. The fraction of sp³-hybridized carbons (Fsp3) is 0.682. The number of piperidine rings is 1. The molecule has 3 heterocycles. The van der Waals surface area contributed by atoms with Crippen LogP contribution in [0.3, 0.4) is 0 Å². The number of rotatable bonds is 5. The minimum atomic E-state index is -3.48. The zero-order valence-corrected chi connectivity index (χ0v) is 18.6. The number of hydrogen-bond acceptors (Lipinski definition) is 5. The molecule has 3 aliphatic heterocycles. The number of nitrogens with zero attached hydrogens (tertiary/aromatic N) is 3. The summed E-state index contributed by atoms with van der Waals surface area (Å²) < 4.78 is 33.0. The van der Waals surface area contributed by atoms with Gasteiger partial charge >= 0.3 is 0 Å². The van der Waals surface area contributed by atoms with E-state index in [4.69, 9.17) is 4.74 Å². The second kappa shape index (κ2) is 9.34. The van der Waals surface area contributed by atoms with Gasteiger partial charge in [-0.25, -0.2) is 8.42 Å². The second-order valence-electron chi connectivity index (χ2n) is 8.84. The number of carbonyl (C=O) groups excluding carboxylic acids is 1. The van der Waals surface area contributed by atoms with Gasteiger partial charge in [0.05, 0.1) is 11.0 Å². The predicted molar refractivity (Wildman–Crippen MR) is 115 cm³/mol. The lowest BCUT2D eigenvalue weighted by Gasteiger charge is -2.35. The predicted octanol–water partition coefficient (Wildman–Crippen LogP) is 2.04. The van der Waals surface area contributed by atoms with Crippen molar-refractivity contribution < 1.29 is 17.9 Å². The highest BCUT2D eigenvalue weighted by atomic mass is 32.2. The molecule has 1 unspecified atom stereocenters. The Labute approximate surface area is 180 Å². The third-order valence-electron chi connectivity index (χ3n) is 6.63. The summed E-state index contributed by atoms with van der Waals surface area (Å²) in [5.41, 5.74) is 0.550. The minimum Gasteiger partial charge on any atom is -0.377 e. The first kappa shape index (κ1) is 21.7. The Hall–Kier alpha value is -1.48. The minimum absolute atomic E-state index is 0.0255. The fourth-order valence-corrected chi connectivity index (χ4v) is 6.01. The van der Waals surface area contributed by atoms with Gasteiger partial charge in [-0.1, -0.05) is 6.92 Å². The molecule has 1 atom stereocenters. The van der Waals surface area contributed by atoms with Gasteiger partial charge in [0.15, 0.2) is 0 Å². The normalized spacial score (nSPS) is 25.0. The van der Waals surface area contributed by atoms with Gasteiger partial charge in [0.1, 0.15) is 0 Å². The van der Waals surface area contributed by atoms with Gasteiger partial charge in [-0.05, 0) is 55.9 Å². The Kier molecular flexibility index (Phi) is 6.77. The number of ether oxygens (including phenoxy) is 1. The van der Waals surface area contributed by atoms with Gasteiger partial charge in [-0.15, -0.1) is 0 Å². The highest BCUT2D eigenvalue weighted by Crippen LogP contribution is 2.24. The molecule has 1 aromatic carbocycles. The third kappa shape index (κ3) is 4.88. The Morgan fingerprint density at radius 2 is 1.67 bits per heavy atom. The van der Waals surface area contributed by atoms with Crippen LogP contribution in [0.2, 0.25) is 0 Å². The number of benzene rings is 1. The van der Waals surface area contributed by atoms with Crippen LogP contribution in [0, 0.1) is 5.92 Å². The highest BCUT2D eigenvalue weighted by molar-refractivity contribution is 7.89. The molecule has 3 saturated heterocycles. The van der Waals surface area contributed by atoms with Crippen LogP contribution in [0.1, 0.15) is 43.0 Å². The average Bonchev–Trinajstić information content (AvgIpc) is 3.27. The first-order chi connectivity index (χ1) is 14.4. The summed E-state index contributed by atoms with van der Waals surface area (Å²) in [6.45, 7) is 8.20. The summed E-state index contributed by atoms with van der Waals surface area (Å²) in [6.07, 6.45) is 4.41. The van der Waals surface area contributed by atoms with Crippen LogP contribution >= 0.6 is 0 Å². The maximum atomic E-state index is 12.9. The van der Waals surface area contributed by atoms with Crippen LogP contribution < -0.4 is 0 Å². The van der Waals surface area contributed by atoms with Crippen molar-refractivity contribution in [1.82, 2.24) is 14.1 Å². The second-order valence-corrected chi connectivity index (χ2v) is 10.8. The van der Waals surface area contributed by atoms with Crippen LogP contribution in [0.5, 0.6) is 0 Å². The summed E-state index contributed by atoms with van der Waals surface area (Å²) in [6, 6.07) is 6.46. The highest BCUT2D eigenvalue weighted by Gasteiger charge is 2.29. The van der Waals surface area contributed by atoms with Crippen molar-refractivity contribution in [3.8, 4) is 0 Å². The van der Waals surface area contributed by atoms with E-state index in [2.05, 4.69) is 11.8 Å². The lowest BCUT2D eigenvalue weighted by molar-refractivity contribution is 0.0432. The van der Waals surface area contributed by atoms with E-state index in [1.165, 1.54) is 0 Å². The Balaban J connectivity index is 1.33. The van der Waals surface area contributed by atoms with Crippen LogP contribution in [0.25, 0.3) is 0 Å². The molecular weight excluding hydrogens is 402 g/mol. The maximum Gasteiger partial charge on any atom is 0.253 e. The van der Waals surface area contributed by atoms with Gasteiger partial charge in [0.25, 0.3) is 5.91 Å². The summed E-state index contributed by atoms with van der Waals surface area (Å²) in [4.78, 5) is 17.4. The van der Waals surface area contributed by atoms with Gasteiger partial charge in [0.2, 0.25) is 10.0 Å². The van der Waals surface area contributed by atoms with Crippen molar-refractivity contribution in [2.45, 2.75) is 43.6 Å². The Morgan fingerprint density at radius 1 is 1.00 bits per heavy atom. The molecule has 30 heavy (non-hydrogen) atoms. The van der Waals surface area contributed by atoms with Crippen molar-refractivity contribution in [1.29, 1.82) is 0 Å². The fourth-order valence-electron chi connectivity index (χ4n) is 4.54. The van der Waals surface area contributed by atoms with Crippen molar-refractivity contribution in [2.24, 2.45) is 5.92 Å². The Morgan fingerprint density at radius 3 is 2.27 bits per heavy atom. The summed E-state index contributed by atoms with van der Waals surface area (Å²) >= 11 is 0. The molecule has 0 saturated carbocycles. The standard InChI is InChI=1S/C22H33N3O4S/c1-18-8-10-25(11-9-18)30(27,28)21-6-4-19(5-7-21)22(26)24-14-12-23(13-15-24)17-20-3-2-16-29-20/h4-7,18,20H,2-3,8-17H2,1H3. The smallest absolute Gasteiger partial charge is 0.253 e.